The van der Waals surface area contributed by atoms with Crippen molar-refractivity contribution >= 4 is 27.9 Å². The first-order valence-corrected chi connectivity index (χ1v) is 15.0. The molecule has 0 spiro atoms. The molecule has 2 fully saturated rings. The van der Waals surface area contributed by atoms with E-state index in [1.165, 1.54) is 0 Å². The lowest BCUT2D eigenvalue weighted by Crippen LogP contribution is -2.35. The number of pyridine rings is 1. The van der Waals surface area contributed by atoms with Crippen LogP contribution in [0.5, 0.6) is 5.88 Å². The van der Waals surface area contributed by atoms with Crippen molar-refractivity contribution in [2.45, 2.75) is 57.5 Å². The zero-order chi connectivity index (χ0) is 30.0. The number of likely N-dealkylation sites (tertiary alicyclic amines) is 1. The van der Waals surface area contributed by atoms with E-state index in [9.17, 15) is 9.90 Å². The van der Waals surface area contributed by atoms with Crippen LogP contribution in [0.4, 0.5) is 0 Å². The Labute approximate surface area is 254 Å². The Morgan fingerprint density at radius 1 is 1.07 bits per heavy atom. The Kier molecular flexibility index (Phi) is 7.68. The molecule has 7 rings (SSSR count). The molecule has 5 aromatic rings. The second-order valence-corrected chi connectivity index (χ2v) is 11.5. The van der Waals surface area contributed by atoms with Crippen LogP contribution in [0.1, 0.15) is 52.6 Å². The van der Waals surface area contributed by atoms with Gasteiger partial charge in [0, 0.05) is 29.7 Å². The third-order valence-corrected chi connectivity index (χ3v) is 8.69. The minimum atomic E-state index is -0.937. The number of nitriles is 1. The molecule has 2 saturated heterocycles. The Morgan fingerprint density at radius 2 is 1.93 bits per heavy atom. The zero-order valence-electron chi connectivity index (χ0n) is 24.3. The summed E-state index contributed by atoms with van der Waals surface area (Å²) in [5.41, 5.74) is 4.88. The van der Waals surface area contributed by atoms with Gasteiger partial charge in [-0.2, -0.15) is 10.4 Å². The highest BCUT2D eigenvalue weighted by molar-refractivity contribution is 5.92. The first kappa shape index (κ1) is 28.0. The number of aromatic carboxylic acids is 1. The average Bonchev–Trinajstić information content (AvgIpc) is 3.58. The van der Waals surface area contributed by atoms with E-state index < -0.39 is 5.97 Å². The van der Waals surface area contributed by atoms with Crippen molar-refractivity contribution in [3.63, 3.8) is 0 Å². The molecule has 0 saturated carbocycles. The maximum absolute atomic E-state index is 11.6. The van der Waals surface area contributed by atoms with Crippen LogP contribution in [-0.2, 0) is 31.0 Å². The molecule has 0 aliphatic carbocycles. The van der Waals surface area contributed by atoms with Crippen LogP contribution in [-0.4, -0.2) is 66.1 Å². The molecule has 1 atom stereocenters. The highest BCUT2D eigenvalue weighted by atomic mass is 16.5. The monoisotopic (exact) mass is 591 g/mol. The van der Waals surface area contributed by atoms with Gasteiger partial charge in [-0.1, -0.05) is 18.2 Å². The fraction of sp³-hybridized carbons (Fsp3) is 0.364. The number of carbonyl (C=O) groups is 1. The average molecular weight is 592 g/mol. The second-order valence-electron chi connectivity index (χ2n) is 11.5. The molecule has 3 aromatic heterocycles. The van der Waals surface area contributed by atoms with E-state index in [1.807, 2.05) is 30.3 Å². The Hall–Kier alpha value is -4.79. The maximum Gasteiger partial charge on any atom is 0.335 e. The van der Waals surface area contributed by atoms with Gasteiger partial charge < -0.3 is 19.1 Å². The molecule has 5 heterocycles. The number of ether oxygens (including phenoxy) is 2. The number of aromatic nitrogens is 5. The van der Waals surface area contributed by atoms with Gasteiger partial charge in [-0.25, -0.2) is 14.8 Å². The number of hydrogen-bond donors (Lipinski definition) is 1. The highest BCUT2D eigenvalue weighted by Crippen LogP contribution is 2.30. The SMILES string of the molecule is N#CCn1ncc2ccc(COc3cccc(C4CCN(Cc5nc6ccc(C(=O)O)cc6n5C[C@@H]5CCO5)CC4)n3)cc21. The topological polar surface area (TPSA) is 131 Å². The van der Waals surface area contributed by atoms with Crippen molar-refractivity contribution < 1.29 is 19.4 Å². The van der Waals surface area contributed by atoms with Gasteiger partial charge in [0.2, 0.25) is 5.88 Å². The van der Waals surface area contributed by atoms with Gasteiger partial charge in [0.05, 0.1) is 53.6 Å². The molecule has 0 radical (unpaired) electrons. The Bertz CT molecular complexity index is 1860. The summed E-state index contributed by atoms with van der Waals surface area (Å²) in [6, 6.07) is 19.3. The summed E-state index contributed by atoms with van der Waals surface area (Å²) >= 11 is 0. The lowest BCUT2D eigenvalue weighted by molar-refractivity contribution is -0.0592. The molecule has 224 valence electrons. The number of carboxylic acid groups (broad SMARTS) is 1. The van der Waals surface area contributed by atoms with Gasteiger partial charge in [0.15, 0.2) is 0 Å². The van der Waals surface area contributed by atoms with Gasteiger partial charge in [0.1, 0.15) is 19.0 Å². The maximum atomic E-state index is 11.6. The number of imidazole rings is 1. The molecule has 0 amide bonds. The fourth-order valence-electron chi connectivity index (χ4n) is 6.14. The van der Waals surface area contributed by atoms with E-state index in [4.69, 9.17) is 24.7 Å². The van der Waals surface area contributed by atoms with Crippen molar-refractivity contribution in [2.75, 3.05) is 19.7 Å². The van der Waals surface area contributed by atoms with Crippen molar-refractivity contribution in [1.29, 1.82) is 5.26 Å². The number of fused-ring (bicyclic) bond motifs is 2. The molecule has 11 nitrogen and oxygen atoms in total. The summed E-state index contributed by atoms with van der Waals surface area (Å²) in [4.78, 5) is 23.8. The minimum Gasteiger partial charge on any atom is -0.478 e. The van der Waals surface area contributed by atoms with Crippen LogP contribution in [0.15, 0.2) is 60.8 Å². The van der Waals surface area contributed by atoms with Crippen molar-refractivity contribution in [2.24, 2.45) is 0 Å². The summed E-state index contributed by atoms with van der Waals surface area (Å²) in [7, 11) is 0. The van der Waals surface area contributed by atoms with Crippen molar-refractivity contribution in [3.8, 4) is 11.9 Å². The van der Waals surface area contributed by atoms with E-state index in [0.717, 1.165) is 78.0 Å². The van der Waals surface area contributed by atoms with E-state index in [-0.39, 0.29) is 18.2 Å². The molecule has 0 bridgehead atoms. The third kappa shape index (κ3) is 5.74. The van der Waals surface area contributed by atoms with Gasteiger partial charge in [0.25, 0.3) is 0 Å². The summed E-state index contributed by atoms with van der Waals surface area (Å²) in [6.07, 6.45) is 4.87. The number of hydrogen-bond acceptors (Lipinski definition) is 8. The zero-order valence-corrected chi connectivity index (χ0v) is 24.3. The number of benzene rings is 2. The fourth-order valence-corrected chi connectivity index (χ4v) is 6.14. The van der Waals surface area contributed by atoms with E-state index in [2.05, 4.69) is 26.7 Å². The van der Waals surface area contributed by atoms with Crippen LogP contribution < -0.4 is 4.74 Å². The van der Waals surface area contributed by atoms with Crippen LogP contribution in [0.25, 0.3) is 21.9 Å². The quantitative estimate of drug-likeness (QED) is 0.244. The summed E-state index contributed by atoms with van der Waals surface area (Å²) in [5.74, 6) is 0.946. The van der Waals surface area contributed by atoms with Gasteiger partial charge in [-0.3, -0.25) is 9.58 Å². The molecular weight excluding hydrogens is 558 g/mol. The molecule has 44 heavy (non-hydrogen) atoms. The minimum absolute atomic E-state index is 0.140. The van der Waals surface area contributed by atoms with Gasteiger partial charge in [-0.05, 0) is 68.2 Å². The molecule has 2 aliphatic heterocycles. The first-order valence-electron chi connectivity index (χ1n) is 15.0. The van der Waals surface area contributed by atoms with E-state index in [0.29, 0.717) is 31.5 Å². The highest BCUT2D eigenvalue weighted by Gasteiger charge is 2.26. The summed E-state index contributed by atoms with van der Waals surface area (Å²) in [6.45, 7) is 4.56. The molecule has 2 aromatic carbocycles. The Balaban J connectivity index is 0.995. The van der Waals surface area contributed by atoms with E-state index >= 15 is 0 Å². The van der Waals surface area contributed by atoms with E-state index in [1.54, 1.807) is 29.1 Å². The second kappa shape index (κ2) is 12.1. The number of nitrogens with zero attached hydrogens (tertiary/aromatic N) is 7. The number of rotatable bonds is 10. The van der Waals surface area contributed by atoms with Gasteiger partial charge in [-0.15, -0.1) is 0 Å². The normalized spacial score (nSPS) is 17.5. The number of piperidine rings is 1. The van der Waals surface area contributed by atoms with Crippen LogP contribution in [0, 0.1) is 11.3 Å². The standard InChI is InChI=1S/C33H33N7O4/c34-11-14-40-29-16-22(4-5-25(29)18-35-40)21-44-32-3-1-2-27(37-32)23-8-12-38(13-9-23)20-31-36-28-7-6-24(33(41)42)17-30(28)39(31)19-26-10-15-43-26/h1-7,16-18,23,26H,8-10,12-15,19-21H2,(H,41,42)/t26-/m0/s1. The van der Waals surface area contributed by atoms with Crippen molar-refractivity contribution in [3.05, 3.63) is 83.4 Å². The summed E-state index contributed by atoms with van der Waals surface area (Å²) < 4.78 is 15.6. The Morgan fingerprint density at radius 3 is 2.70 bits per heavy atom. The summed E-state index contributed by atoms with van der Waals surface area (Å²) in [5, 5.41) is 23.9. The lowest BCUT2D eigenvalue weighted by Gasteiger charge is -2.32. The predicted molar refractivity (Wildman–Crippen MR) is 162 cm³/mol. The van der Waals surface area contributed by atoms with Crippen LogP contribution in [0.3, 0.4) is 0 Å². The lowest BCUT2D eigenvalue weighted by atomic mass is 9.93. The van der Waals surface area contributed by atoms with Gasteiger partial charge >= 0.3 is 5.97 Å². The predicted octanol–water partition coefficient (Wildman–Crippen LogP) is 4.75. The first-order chi connectivity index (χ1) is 21.5. The van der Waals surface area contributed by atoms with Crippen molar-refractivity contribution in [1.82, 2.24) is 29.2 Å². The largest absolute Gasteiger partial charge is 0.478 e. The third-order valence-electron chi connectivity index (χ3n) is 8.69. The number of carboxylic acids is 1. The van der Waals surface area contributed by atoms with Crippen LogP contribution >= 0.6 is 0 Å². The van der Waals surface area contributed by atoms with Crippen LogP contribution in [0.2, 0.25) is 0 Å². The molecule has 1 N–H and O–H groups in total. The molecular formula is C33H33N7O4. The molecule has 0 unspecified atom stereocenters. The smallest absolute Gasteiger partial charge is 0.335 e. The molecule has 2 aliphatic rings. The molecule has 11 heteroatoms.